The summed E-state index contributed by atoms with van der Waals surface area (Å²) in [7, 11) is 0. The molecule has 0 saturated carbocycles. The summed E-state index contributed by atoms with van der Waals surface area (Å²) in [4.78, 5) is 14.8. The lowest BCUT2D eigenvalue weighted by Gasteiger charge is -2.31. The molecule has 0 fully saturated rings. The van der Waals surface area contributed by atoms with Gasteiger partial charge in [-0.2, -0.15) is 0 Å². The number of aromatic nitrogens is 3. The topological polar surface area (TPSA) is 77.0 Å². The predicted octanol–water partition coefficient (Wildman–Crippen LogP) is 3.47. The minimum atomic E-state index is -0.321. The van der Waals surface area contributed by atoms with E-state index in [1.807, 2.05) is 72.5 Å². The molecule has 0 bridgehead atoms. The first-order valence-corrected chi connectivity index (χ1v) is 9.22. The molecule has 2 aromatic carbocycles. The molecule has 4 rings (SSSR count). The fourth-order valence-corrected chi connectivity index (χ4v) is 3.55. The molecule has 154 valence electrons. The number of rotatable bonds is 4. The van der Waals surface area contributed by atoms with Crippen LogP contribution < -0.4 is 5.73 Å². The van der Waals surface area contributed by atoms with E-state index in [0.29, 0.717) is 19.6 Å². The molecule has 6 nitrogen and oxygen atoms in total. The molecule has 1 aromatic heterocycles. The van der Waals surface area contributed by atoms with E-state index in [0.717, 1.165) is 22.8 Å². The highest BCUT2D eigenvalue weighted by molar-refractivity contribution is 5.85. The van der Waals surface area contributed by atoms with Crippen molar-refractivity contribution in [3.63, 3.8) is 0 Å². The van der Waals surface area contributed by atoms with Gasteiger partial charge in [0, 0.05) is 24.7 Å². The van der Waals surface area contributed by atoms with Crippen LogP contribution in [0.1, 0.15) is 24.4 Å². The predicted molar refractivity (Wildman–Crippen MR) is 118 cm³/mol. The normalized spacial score (nSPS) is 14.8. The molecule has 0 saturated heterocycles. The zero-order valence-electron chi connectivity index (χ0n) is 16.1. The second kappa shape index (κ2) is 9.87. The lowest BCUT2D eigenvalue weighted by Crippen LogP contribution is -2.43. The highest BCUT2D eigenvalue weighted by Crippen LogP contribution is 2.25. The molecule has 0 spiro atoms. The second-order valence-electron chi connectivity index (χ2n) is 6.94. The molecule has 2 N–H and O–H groups in total. The maximum Gasteiger partial charge on any atom is 0.227 e. The lowest BCUT2D eigenvalue weighted by atomic mass is 9.94. The zero-order valence-corrected chi connectivity index (χ0v) is 17.8. The third kappa shape index (κ3) is 4.61. The van der Waals surface area contributed by atoms with Gasteiger partial charge in [0.25, 0.3) is 0 Å². The van der Waals surface area contributed by atoms with Crippen LogP contribution in [0.4, 0.5) is 0 Å². The monoisotopic (exact) mass is 433 g/mol. The number of hydrogen-bond acceptors (Lipinski definition) is 4. The quantitative estimate of drug-likeness (QED) is 0.682. The SMILES string of the molecule is CC(C(=O)N1CCn2c(nnc2-c2ccccc2)C1)C(N)c1ccccc1.Cl.Cl. The summed E-state index contributed by atoms with van der Waals surface area (Å²) in [6.07, 6.45) is 0. The number of halogens is 2. The minimum Gasteiger partial charge on any atom is -0.333 e. The van der Waals surface area contributed by atoms with Crippen LogP contribution in [0.15, 0.2) is 60.7 Å². The van der Waals surface area contributed by atoms with Gasteiger partial charge in [0.05, 0.1) is 12.5 Å². The third-order valence-corrected chi connectivity index (χ3v) is 5.21. The Hall–Kier alpha value is -2.41. The van der Waals surface area contributed by atoms with Crippen LogP contribution in [0.2, 0.25) is 0 Å². The maximum absolute atomic E-state index is 13.0. The van der Waals surface area contributed by atoms with Crippen LogP contribution in [0.3, 0.4) is 0 Å². The smallest absolute Gasteiger partial charge is 0.227 e. The van der Waals surface area contributed by atoms with Gasteiger partial charge in [-0.1, -0.05) is 67.6 Å². The Morgan fingerprint density at radius 1 is 0.966 bits per heavy atom. The molecule has 8 heteroatoms. The van der Waals surface area contributed by atoms with Crippen molar-refractivity contribution in [1.29, 1.82) is 0 Å². The van der Waals surface area contributed by atoms with Crippen LogP contribution in [0.25, 0.3) is 11.4 Å². The van der Waals surface area contributed by atoms with E-state index in [1.54, 1.807) is 0 Å². The van der Waals surface area contributed by atoms with Gasteiger partial charge in [-0.25, -0.2) is 0 Å². The van der Waals surface area contributed by atoms with Crippen LogP contribution >= 0.6 is 24.8 Å². The van der Waals surface area contributed by atoms with Gasteiger partial charge in [0.15, 0.2) is 11.6 Å². The number of carbonyl (C=O) groups excluding carboxylic acids is 1. The summed E-state index contributed by atoms with van der Waals surface area (Å²) in [6.45, 7) is 3.68. The van der Waals surface area contributed by atoms with E-state index in [-0.39, 0.29) is 42.7 Å². The summed E-state index contributed by atoms with van der Waals surface area (Å²) in [5.41, 5.74) is 8.35. The molecular formula is C21H25Cl2N5O. The lowest BCUT2D eigenvalue weighted by molar-refractivity contribution is -0.137. The standard InChI is InChI=1S/C21H23N5O.2ClH/c1-15(19(22)16-8-4-2-5-9-16)21(27)25-12-13-26-18(14-25)23-24-20(26)17-10-6-3-7-11-17;;/h2-11,15,19H,12-14,22H2,1H3;2*1H. The molecule has 2 heterocycles. The van der Waals surface area contributed by atoms with E-state index in [1.165, 1.54) is 0 Å². The number of hydrogen-bond donors (Lipinski definition) is 1. The van der Waals surface area contributed by atoms with Crippen molar-refractivity contribution in [2.75, 3.05) is 6.54 Å². The van der Waals surface area contributed by atoms with E-state index in [4.69, 9.17) is 5.73 Å². The second-order valence-corrected chi connectivity index (χ2v) is 6.94. The molecule has 1 aliphatic heterocycles. The molecule has 29 heavy (non-hydrogen) atoms. The van der Waals surface area contributed by atoms with Crippen molar-refractivity contribution < 1.29 is 4.79 Å². The van der Waals surface area contributed by atoms with E-state index >= 15 is 0 Å². The van der Waals surface area contributed by atoms with E-state index in [2.05, 4.69) is 14.8 Å². The number of amides is 1. The zero-order chi connectivity index (χ0) is 18.8. The average molecular weight is 434 g/mol. The van der Waals surface area contributed by atoms with E-state index in [9.17, 15) is 4.79 Å². The Balaban J connectivity index is 0.00000150. The molecule has 3 aromatic rings. The Labute approximate surface area is 182 Å². The van der Waals surface area contributed by atoms with Gasteiger partial charge in [-0.3, -0.25) is 4.79 Å². The van der Waals surface area contributed by atoms with Crippen LogP contribution in [-0.4, -0.2) is 32.1 Å². The summed E-state index contributed by atoms with van der Waals surface area (Å²) in [5.74, 6) is 1.43. The van der Waals surface area contributed by atoms with Crippen molar-refractivity contribution in [1.82, 2.24) is 19.7 Å². The first-order chi connectivity index (χ1) is 13.1. The third-order valence-electron chi connectivity index (χ3n) is 5.21. The Morgan fingerprint density at radius 3 is 2.24 bits per heavy atom. The highest BCUT2D eigenvalue weighted by atomic mass is 35.5. The van der Waals surface area contributed by atoms with Crippen molar-refractivity contribution in [2.45, 2.75) is 26.1 Å². The van der Waals surface area contributed by atoms with Gasteiger partial charge in [0.2, 0.25) is 5.91 Å². The first kappa shape index (κ1) is 22.9. The van der Waals surface area contributed by atoms with Crippen LogP contribution in [0.5, 0.6) is 0 Å². The number of nitrogens with two attached hydrogens (primary N) is 1. The molecule has 0 aliphatic carbocycles. The van der Waals surface area contributed by atoms with Crippen LogP contribution in [-0.2, 0) is 17.9 Å². The fraction of sp³-hybridized carbons (Fsp3) is 0.286. The summed E-state index contributed by atoms with van der Waals surface area (Å²) < 4.78 is 2.10. The van der Waals surface area contributed by atoms with Crippen molar-refractivity contribution in [3.05, 3.63) is 72.1 Å². The molecular weight excluding hydrogens is 409 g/mol. The molecule has 0 radical (unpaired) electrons. The van der Waals surface area contributed by atoms with Gasteiger partial charge < -0.3 is 15.2 Å². The number of carbonyl (C=O) groups is 1. The number of benzene rings is 2. The Morgan fingerprint density at radius 2 is 1.59 bits per heavy atom. The van der Waals surface area contributed by atoms with Gasteiger partial charge in [0.1, 0.15) is 0 Å². The van der Waals surface area contributed by atoms with E-state index < -0.39 is 0 Å². The van der Waals surface area contributed by atoms with Crippen molar-refractivity contribution in [2.24, 2.45) is 11.7 Å². The first-order valence-electron chi connectivity index (χ1n) is 9.22. The Bertz CT molecular complexity index is 933. The molecule has 1 aliphatic rings. The average Bonchev–Trinajstić information content (AvgIpc) is 3.16. The number of fused-ring (bicyclic) bond motifs is 1. The fourth-order valence-electron chi connectivity index (χ4n) is 3.55. The highest BCUT2D eigenvalue weighted by Gasteiger charge is 2.30. The van der Waals surface area contributed by atoms with Gasteiger partial charge in [-0.15, -0.1) is 35.0 Å². The van der Waals surface area contributed by atoms with Crippen molar-refractivity contribution >= 4 is 30.7 Å². The van der Waals surface area contributed by atoms with Gasteiger partial charge >= 0.3 is 0 Å². The molecule has 2 unspecified atom stereocenters. The van der Waals surface area contributed by atoms with Gasteiger partial charge in [-0.05, 0) is 5.56 Å². The van der Waals surface area contributed by atoms with Crippen LogP contribution in [0, 0.1) is 5.92 Å². The summed E-state index contributed by atoms with van der Waals surface area (Å²) in [5, 5.41) is 8.66. The molecule has 1 amide bonds. The van der Waals surface area contributed by atoms with Crippen molar-refractivity contribution in [3.8, 4) is 11.4 Å². The summed E-state index contributed by atoms with van der Waals surface area (Å²) in [6, 6.07) is 19.5. The Kier molecular flexibility index (Phi) is 7.79. The minimum absolute atomic E-state index is 0. The molecule has 2 atom stereocenters. The largest absolute Gasteiger partial charge is 0.333 e. The number of nitrogens with zero attached hydrogens (tertiary/aromatic N) is 4. The maximum atomic E-state index is 13.0. The summed E-state index contributed by atoms with van der Waals surface area (Å²) >= 11 is 0.